The van der Waals surface area contributed by atoms with Crippen molar-refractivity contribution < 1.29 is 33.8 Å². The molecule has 9 rings (SSSR count). The number of carbonyl (C=O) groups is 4. The highest BCUT2D eigenvalue weighted by atomic mass is 35.5. The zero-order valence-corrected chi connectivity index (χ0v) is 33.0. The van der Waals surface area contributed by atoms with Crippen molar-refractivity contribution in [1.82, 2.24) is 0 Å². The van der Waals surface area contributed by atoms with Crippen molar-refractivity contribution >= 4 is 64.1 Å². The van der Waals surface area contributed by atoms with Crippen LogP contribution in [0.1, 0.15) is 24.0 Å². The number of phenolic OH excluding ortho intramolecular Hbond substituents is 1. The molecule has 0 radical (unpaired) electrons. The number of fused-ring (bicyclic) bond motifs is 4. The number of nitrogens with zero attached hydrogens (tertiary/aromatic N) is 2. The van der Waals surface area contributed by atoms with E-state index >= 15 is 9.59 Å². The molecular formula is C48H40ClN3O7. The largest absolute Gasteiger partial charge is 0.502 e. The van der Waals surface area contributed by atoms with Crippen LogP contribution in [0, 0.1) is 29.6 Å². The summed E-state index contributed by atoms with van der Waals surface area (Å²) in [7, 11) is 2.89. The first kappa shape index (κ1) is 37.9. The smallest absolute Gasteiger partial charge is 0.246 e. The monoisotopic (exact) mass is 805 g/mol. The summed E-state index contributed by atoms with van der Waals surface area (Å²) in [6.45, 7) is 0. The number of methoxy groups -OCH3 is 2. The predicted octanol–water partition coefficient (Wildman–Crippen LogP) is 8.72. The van der Waals surface area contributed by atoms with Gasteiger partial charge in [-0.05, 0) is 96.6 Å². The minimum atomic E-state index is -1.43. The van der Waals surface area contributed by atoms with Gasteiger partial charge in [0, 0.05) is 22.3 Å². The second-order valence-corrected chi connectivity index (χ2v) is 15.8. The Morgan fingerprint density at radius 3 is 2.05 bits per heavy atom. The van der Waals surface area contributed by atoms with Crippen molar-refractivity contribution in [2.24, 2.45) is 29.6 Å². The lowest BCUT2D eigenvalue weighted by atomic mass is 9.50. The number of para-hydroxylation sites is 1. The third-order valence-electron chi connectivity index (χ3n) is 12.4. The van der Waals surface area contributed by atoms with E-state index in [1.54, 1.807) is 48.5 Å². The van der Waals surface area contributed by atoms with E-state index in [9.17, 15) is 14.7 Å². The van der Waals surface area contributed by atoms with Crippen molar-refractivity contribution in [3.8, 4) is 17.2 Å². The number of halogens is 1. The standard InChI is InChI=1S/C48H40ClN3O7/c1-58-40-24-28(25-41(59-2)43(40)53)16-23-38-35-21-22-36-42(46(56)51(44(36)54)33-19-17-32(18-20-33)50-31-13-7-4-8-14-31)37(35)27-39-45(55)52(34-15-9-12-30(49)26-34)47(57)48(38,39)29-10-5-3-6-11-29/h3-21,23-26,36-39,42,50,53H,22,27H2,1-2H3. The van der Waals surface area contributed by atoms with Gasteiger partial charge in [0.05, 0.1) is 48.8 Å². The first-order valence-electron chi connectivity index (χ1n) is 19.5. The molecule has 2 N–H and O–H groups in total. The molecule has 0 bridgehead atoms. The number of amides is 4. The van der Waals surface area contributed by atoms with Gasteiger partial charge in [-0.25, -0.2) is 4.90 Å². The molecule has 11 heteroatoms. The van der Waals surface area contributed by atoms with E-state index in [0.29, 0.717) is 27.5 Å². The van der Waals surface area contributed by atoms with Gasteiger partial charge in [0.15, 0.2) is 11.5 Å². The number of carbonyl (C=O) groups excluding carboxylic acids is 4. The van der Waals surface area contributed by atoms with Gasteiger partial charge >= 0.3 is 0 Å². The van der Waals surface area contributed by atoms with Gasteiger partial charge in [-0.3, -0.25) is 24.1 Å². The molecule has 2 saturated heterocycles. The van der Waals surface area contributed by atoms with Gasteiger partial charge < -0.3 is 19.9 Å². The summed E-state index contributed by atoms with van der Waals surface area (Å²) in [4.78, 5) is 62.1. The maximum atomic E-state index is 15.4. The number of hydrogen-bond acceptors (Lipinski definition) is 8. The Kier molecular flexibility index (Phi) is 9.60. The van der Waals surface area contributed by atoms with Crippen LogP contribution in [-0.4, -0.2) is 43.0 Å². The lowest BCUT2D eigenvalue weighted by molar-refractivity contribution is -0.128. The quantitative estimate of drug-likeness (QED) is 0.112. The average Bonchev–Trinajstić information content (AvgIpc) is 3.65. The van der Waals surface area contributed by atoms with Gasteiger partial charge in [0.25, 0.3) is 0 Å². The molecule has 0 aromatic heterocycles. The Morgan fingerprint density at radius 1 is 0.729 bits per heavy atom. The molecule has 2 heterocycles. The van der Waals surface area contributed by atoms with E-state index in [4.69, 9.17) is 21.1 Å². The van der Waals surface area contributed by atoms with Gasteiger partial charge in [0.2, 0.25) is 29.4 Å². The van der Waals surface area contributed by atoms with Gasteiger partial charge in [-0.2, -0.15) is 0 Å². The Hall–Kier alpha value is -6.65. The fraction of sp³-hybridized carbons (Fsp3) is 0.208. The van der Waals surface area contributed by atoms with E-state index in [-0.39, 0.29) is 41.9 Å². The molecule has 0 spiro atoms. The van der Waals surface area contributed by atoms with Crippen LogP contribution < -0.4 is 24.6 Å². The fourth-order valence-corrected chi connectivity index (χ4v) is 10.0. The number of anilines is 4. The number of aromatic hydroxyl groups is 1. The molecule has 10 nitrogen and oxygen atoms in total. The first-order valence-corrected chi connectivity index (χ1v) is 19.9. The van der Waals surface area contributed by atoms with Gasteiger partial charge in [-0.15, -0.1) is 0 Å². The van der Waals surface area contributed by atoms with Crippen molar-refractivity contribution in [2.45, 2.75) is 18.3 Å². The van der Waals surface area contributed by atoms with E-state index < -0.39 is 46.8 Å². The molecule has 1 saturated carbocycles. The third kappa shape index (κ3) is 6.09. The zero-order chi connectivity index (χ0) is 41.0. The second-order valence-electron chi connectivity index (χ2n) is 15.3. The molecule has 296 valence electrons. The van der Waals surface area contributed by atoms with Crippen LogP contribution in [0.2, 0.25) is 5.02 Å². The maximum absolute atomic E-state index is 15.4. The Balaban J connectivity index is 1.16. The van der Waals surface area contributed by atoms with E-state index in [1.807, 2.05) is 91.0 Å². The Labute approximate surface area is 346 Å². The van der Waals surface area contributed by atoms with Gasteiger partial charge in [0.1, 0.15) is 0 Å². The summed E-state index contributed by atoms with van der Waals surface area (Å²) in [6.07, 6.45) is 6.20. The van der Waals surface area contributed by atoms with Crippen LogP contribution in [-0.2, 0) is 24.6 Å². The van der Waals surface area contributed by atoms with Gasteiger partial charge in [-0.1, -0.05) is 90.0 Å². The number of benzene rings is 5. The molecule has 5 aromatic carbocycles. The number of hydrogen-bond donors (Lipinski definition) is 2. The van der Waals surface area contributed by atoms with Crippen molar-refractivity contribution in [3.63, 3.8) is 0 Å². The van der Waals surface area contributed by atoms with E-state index in [0.717, 1.165) is 16.9 Å². The van der Waals surface area contributed by atoms with Crippen molar-refractivity contribution in [3.05, 3.63) is 155 Å². The minimum absolute atomic E-state index is 0.156. The van der Waals surface area contributed by atoms with E-state index in [2.05, 4.69) is 5.32 Å². The number of allylic oxidation sites excluding steroid dienone is 3. The SMILES string of the molecule is COc1cc(C=CC2C3=CCC4C(=O)N(c5ccc(Nc6ccccc6)cc5)C(=O)C4C3CC3C(=O)N(c4cccc(Cl)c4)C(=O)C23c2ccccc2)cc(OC)c1O. The van der Waals surface area contributed by atoms with Crippen LogP contribution in [0.3, 0.4) is 0 Å². The van der Waals surface area contributed by atoms with Crippen molar-refractivity contribution in [2.75, 3.05) is 29.3 Å². The zero-order valence-electron chi connectivity index (χ0n) is 32.2. The predicted molar refractivity (Wildman–Crippen MR) is 226 cm³/mol. The summed E-state index contributed by atoms with van der Waals surface area (Å²) in [5.74, 6) is -4.77. The summed E-state index contributed by atoms with van der Waals surface area (Å²) in [5, 5.41) is 14.4. The lowest BCUT2D eigenvalue weighted by Crippen LogP contribution is -2.54. The number of rotatable bonds is 9. The Morgan fingerprint density at radius 2 is 1.39 bits per heavy atom. The molecule has 6 atom stereocenters. The molecule has 59 heavy (non-hydrogen) atoms. The number of phenols is 1. The normalized spacial score (nSPS) is 24.8. The van der Waals surface area contributed by atoms with E-state index in [1.165, 1.54) is 24.0 Å². The summed E-state index contributed by atoms with van der Waals surface area (Å²) in [6, 6.07) is 36.2. The fourth-order valence-electron chi connectivity index (χ4n) is 9.84. The van der Waals surface area contributed by atoms with Crippen LogP contribution >= 0.6 is 11.6 Å². The third-order valence-corrected chi connectivity index (χ3v) is 12.6. The first-order chi connectivity index (χ1) is 28.6. The molecule has 4 amide bonds. The highest BCUT2D eigenvalue weighted by molar-refractivity contribution is 6.32. The highest BCUT2D eigenvalue weighted by Gasteiger charge is 2.69. The summed E-state index contributed by atoms with van der Waals surface area (Å²) in [5.41, 5.74) is 3.19. The lowest BCUT2D eigenvalue weighted by Gasteiger charge is -2.49. The summed E-state index contributed by atoms with van der Waals surface area (Å²) >= 11 is 6.44. The van der Waals surface area contributed by atoms with Crippen LogP contribution in [0.4, 0.5) is 22.7 Å². The molecule has 4 aliphatic rings. The number of nitrogens with one attached hydrogen (secondary N) is 1. The van der Waals surface area contributed by atoms with Crippen LogP contribution in [0.15, 0.2) is 139 Å². The number of ether oxygens (including phenoxy) is 2. The van der Waals surface area contributed by atoms with Crippen LogP contribution in [0.25, 0.3) is 6.08 Å². The molecule has 2 aliphatic carbocycles. The molecular weight excluding hydrogens is 766 g/mol. The molecule has 2 aliphatic heterocycles. The topological polar surface area (TPSA) is 125 Å². The van der Waals surface area contributed by atoms with Crippen molar-refractivity contribution in [1.29, 1.82) is 0 Å². The second kappa shape index (κ2) is 14.9. The summed E-state index contributed by atoms with van der Waals surface area (Å²) < 4.78 is 10.9. The molecule has 6 unspecified atom stereocenters. The average molecular weight is 806 g/mol. The minimum Gasteiger partial charge on any atom is -0.502 e. The highest BCUT2D eigenvalue weighted by Crippen LogP contribution is 2.62. The molecule has 5 aromatic rings. The molecule has 3 fully saturated rings. The maximum Gasteiger partial charge on any atom is 0.246 e. The van der Waals surface area contributed by atoms with Crippen LogP contribution in [0.5, 0.6) is 17.2 Å². The number of imide groups is 2. The Bertz CT molecular complexity index is 2530.